The minimum atomic E-state index is -3.74. The molecule has 2 aromatic carbocycles. The molecule has 0 aliphatic heterocycles. The lowest BCUT2D eigenvalue weighted by atomic mass is 10.0. The molecule has 0 unspecified atom stereocenters. The Bertz CT molecular complexity index is 1510. The summed E-state index contributed by atoms with van der Waals surface area (Å²) in [4.78, 5) is 31.9. The molecular weight excluding hydrogens is 460 g/mol. The van der Waals surface area contributed by atoms with Crippen molar-refractivity contribution in [3.8, 4) is 11.1 Å². The maximum absolute atomic E-state index is 13.3. The number of sulfonamides is 1. The summed E-state index contributed by atoms with van der Waals surface area (Å²) in [5.41, 5.74) is 4.81. The molecule has 0 atom stereocenters. The number of fused-ring (bicyclic) bond motifs is 1. The number of nitrogens with one attached hydrogen (secondary N) is 1. The van der Waals surface area contributed by atoms with Gasteiger partial charge < -0.3 is 0 Å². The van der Waals surface area contributed by atoms with Crippen molar-refractivity contribution >= 4 is 43.2 Å². The average molecular weight is 483 g/mol. The van der Waals surface area contributed by atoms with Crippen molar-refractivity contribution in [2.24, 2.45) is 0 Å². The Balaban J connectivity index is 1.69. The number of anilines is 1. The van der Waals surface area contributed by atoms with Crippen LogP contribution in [0, 0.1) is 13.8 Å². The third-order valence-electron chi connectivity index (χ3n) is 5.17. The van der Waals surface area contributed by atoms with Gasteiger partial charge in [-0.25, -0.2) is 18.1 Å². The number of aryl methyl sites for hydroxylation is 2. The van der Waals surface area contributed by atoms with Crippen molar-refractivity contribution in [3.05, 3.63) is 81.7 Å². The van der Waals surface area contributed by atoms with Crippen molar-refractivity contribution in [1.29, 1.82) is 0 Å². The number of thiophene rings is 1. The number of rotatable bonds is 6. The van der Waals surface area contributed by atoms with Crippen LogP contribution in [0.1, 0.15) is 10.4 Å². The molecule has 8 nitrogen and oxygen atoms in total. The van der Waals surface area contributed by atoms with Crippen molar-refractivity contribution < 1.29 is 13.2 Å². The number of hydrogen-bond donors (Lipinski definition) is 1. The van der Waals surface area contributed by atoms with Crippen molar-refractivity contribution in [2.75, 3.05) is 22.5 Å². The number of hydrogen-bond acceptors (Lipinski definition) is 6. The molecule has 0 radical (unpaired) electrons. The zero-order valence-corrected chi connectivity index (χ0v) is 19.9. The topological polar surface area (TPSA) is 101 Å². The summed E-state index contributed by atoms with van der Waals surface area (Å²) < 4.78 is 26.8. The highest BCUT2D eigenvalue weighted by atomic mass is 32.2. The van der Waals surface area contributed by atoms with E-state index >= 15 is 0 Å². The number of amides is 1. The molecule has 33 heavy (non-hydrogen) atoms. The van der Waals surface area contributed by atoms with Gasteiger partial charge in [0.25, 0.3) is 11.5 Å². The minimum Gasteiger partial charge on any atom is -0.271 e. The lowest BCUT2D eigenvalue weighted by Crippen LogP contribution is -2.42. The molecule has 0 spiro atoms. The quantitative estimate of drug-likeness (QED) is 0.455. The van der Waals surface area contributed by atoms with Crippen LogP contribution in [0.25, 0.3) is 21.3 Å². The van der Waals surface area contributed by atoms with Gasteiger partial charge in [0.2, 0.25) is 10.0 Å². The zero-order valence-electron chi connectivity index (χ0n) is 18.3. The van der Waals surface area contributed by atoms with Crippen LogP contribution >= 0.6 is 11.3 Å². The van der Waals surface area contributed by atoms with Crippen molar-refractivity contribution in [2.45, 2.75) is 13.8 Å². The van der Waals surface area contributed by atoms with Gasteiger partial charge in [-0.15, -0.1) is 11.3 Å². The van der Waals surface area contributed by atoms with Crippen LogP contribution in [0.4, 0.5) is 5.69 Å². The van der Waals surface area contributed by atoms with E-state index in [0.29, 0.717) is 21.5 Å². The third-order valence-corrected chi connectivity index (χ3v) is 7.31. The van der Waals surface area contributed by atoms with Crippen LogP contribution in [0.15, 0.2) is 65.7 Å². The first-order valence-corrected chi connectivity index (χ1v) is 12.7. The van der Waals surface area contributed by atoms with Crippen LogP contribution in [0.2, 0.25) is 0 Å². The predicted octanol–water partition coefficient (Wildman–Crippen LogP) is 3.28. The Labute approximate surface area is 195 Å². The first kappa shape index (κ1) is 22.7. The molecule has 10 heteroatoms. The van der Waals surface area contributed by atoms with Gasteiger partial charge in [-0.2, -0.15) is 0 Å². The largest absolute Gasteiger partial charge is 0.281 e. The van der Waals surface area contributed by atoms with E-state index in [-0.39, 0.29) is 0 Å². The summed E-state index contributed by atoms with van der Waals surface area (Å²) in [6.07, 6.45) is 2.28. The van der Waals surface area contributed by atoms with E-state index < -0.39 is 28.0 Å². The number of benzene rings is 2. The summed E-state index contributed by atoms with van der Waals surface area (Å²) in [5.74, 6) is -0.667. The summed E-state index contributed by atoms with van der Waals surface area (Å²) in [6, 6.07) is 16.4. The van der Waals surface area contributed by atoms with Gasteiger partial charge in [0.05, 0.1) is 17.3 Å². The van der Waals surface area contributed by atoms with Crippen LogP contribution in [-0.2, 0) is 14.8 Å². The van der Waals surface area contributed by atoms with E-state index in [9.17, 15) is 18.0 Å². The standard InChI is InChI=1S/C23H22N4O4S2/c1-15-9-7-8-12-18(15)27(33(3,30)31)13-19(28)25-26-14-24-22-21(23(26)29)20(16(2)32-22)17-10-5-4-6-11-17/h4-12,14H,13H2,1-3H3,(H,25,28). The minimum absolute atomic E-state index is 0.399. The van der Waals surface area contributed by atoms with E-state index in [1.807, 2.05) is 37.3 Å². The molecule has 0 saturated heterocycles. The first-order valence-electron chi connectivity index (χ1n) is 10.1. The Kier molecular flexibility index (Phi) is 6.05. The second-order valence-electron chi connectivity index (χ2n) is 7.59. The monoisotopic (exact) mass is 482 g/mol. The Hall–Kier alpha value is -3.50. The molecule has 1 N–H and O–H groups in total. The summed E-state index contributed by atoms with van der Waals surface area (Å²) in [6.45, 7) is 3.20. The van der Waals surface area contributed by atoms with Crippen LogP contribution in [-0.4, -0.2) is 36.8 Å². The van der Waals surface area contributed by atoms with Gasteiger partial charge in [0.15, 0.2) is 0 Å². The van der Waals surface area contributed by atoms with Crippen LogP contribution in [0.3, 0.4) is 0 Å². The SMILES string of the molecule is Cc1ccccc1N(CC(=O)Nn1cnc2sc(C)c(-c3ccccc3)c2c1=O)S(C)(=O)=O. The molecule has 0 saturated carbocycles. The lowest BCUT2D eigenvalue weighted by Gasteiger charge is -2.23. The van der Waals surface area contributed by atoms with Gasteiger partial charge in [0, 0.05) is 10.4 Å². The number of carbonyl (C=O) groups is 1. The van der Waals surface area contributed by atoms with Crippen LogP contribution in [0.5, 0.6) is 0 Å². The predicted molar refractivity (Wildman–Crippen MR) is 132 cm³/mol. The second kappa shape index (κ2) is 8.80. The third kappa shape index (κ3) is 4.53. The molecule has 4 aromatic rings. The molecule has 0 aliphatic carbocycles. The van der Waals surface area contributed by atoms with E-state index in [2.05, 4.69) is 10.4 Å². The van der Waals surface area contributed by atoms with E-state index in [1.165, 1.54) is 17.7 Å². The Morgan fingerprint density at radius 3 is 2.42 bits per heavy atom. The number of nitrogens with zero attached hydrogens (tertiary/aromatic N) is 3. The normalized spacial score (nSPS) is 11.5. The fourth-order valence-corrected chi connectivity index (χ4v) is 5.58. The summed E-state index contributed by atoms with van der Waals surface area (Å²) >= 11 is 1.40. The summed E-state index contributed by atoms with van der Waals surface area (Å²) in [5, 5.41) is 0.408. The highest BCUT2D eigenvalue weighted by Crippen LogP contribution is 2.35. The van der Waals surface area contributed by atoms with Gasteiger partial charge >= 0.3 is 0 Å². The number of para-hydroxylation sites is 1. The van der Waals surface area contributed by atoms with Gasteiger partial charge in [0.1, 0.15) is 17.7 Å². The van der Waals surface area contributed by atoms with E-state index in [0.717, 1.165) is 31.2 Å². The number of aromatic nitrogens is 2. The Morgan fingerprint density at radius 1 is 1.09 bits per heavy atom. The van der Waals surface area contributed by atoms with E-state index in [1.54, 1.807) is 31.2 Å². The highest BCUT2D eigenvalue weighted by molar-refractivity contribution is 7.92. The smallest absolute Gasteiger partial charge is 0.271 e. The molecular formula is C23H22N4O4S2. The molecule has 170 valence electrons. The molecule has 1 amide bonds. The number of carbonyl (C=O) groups excluding carboxylic acids is 1. The lowest BCUT2D eigenvalue weighted by molar-refractivity contribution is -0.115. The van der Waals surface area contributed by atoms with Crippen molar-refractivity contribution in [3.63, 3.8) is 0 Å². The maximum Gasteiger partial charge on any atom is 0.281 e. The molecule has 0 fully saturated rings. The van der Waals surface area contributed by atoms with Crippen LogP contribution < -0.4 is 15.3 Å². The second-order valence-corrected chi connectivity index (χ2v) is 10.7. The van der Waals surface area contributed by atoms with Crippen molar-refractivity contribution in [1.82, 2.24) is 9.66 Å². The van der Waals surface area contributed by atoms with E-state index in [4.69, 9.17) is 0 Å². The molecule has 4 rings (SSSR count). The fourth-order valence-electron chi connectivity index (χ4n) is 3.66. The summed E-state index contributed by atoms with van der Waals surface area (Å²) in [7, 11) is -3.74. The average Bonchev–Trinajstić information content (AvgIpc) is 3.11. The van der Waals surface area contributed by atoms with Gasteiger partial charge in [-0.05, 0) is 31.0 Å². The highest BCUT2D eigenvalue weighted by Gasteiger charge is 2.23. The zero-order chi connectivity index (χ0) is 23.8. The first-order chi connectivity index (χ1) is 15.7. The van der Waals surface area contributed by atoms with Gasteiger partial charge in [-0.3, -0.25) is 19.3 Å². The Morgan fingerprint density at radius 2 is 1.76 bits per heavy atom. The molecule has 2 aromatic heterocycles. The molecule has 0 aliphatic rings. The maximum atomic E-state index is 13.3. The van der Waals surface area contributed by atoms with Gasteiger partial charge in [-0.1, -0.05) is 48.5 Å². The molecule has 2 heterocycles. The molecule has 0 bridgehead atoms. The fraction of sp³-hybridized carbons (Fsp3) is 0.174.